The van der Waals surface area contributed by atoms with Crippen molar-refractivity contribution >= 4 is 21.6 Å². The minimum atomic E-state index is -3.41. The van der Waals surface area contributed by atoms with Gasteiger partial charge in [-0.25, -0.2) is 8.42 Å². The topological polar surface area (TPSA) is 57.7 Å². The lowest BCUT2D eigenvalue weighted by molar-refractivity contribution is -0.116. The number of rotatable bonds is 2. The van der Waals surface area contributed by atoms with E-state index in [4.69, 9.17) is 0 Å². The number of benzene rings is 1. The zero-order valence-electron chi connectivity index (χ0n) is 11.7. The molecule has 20 heavy (non-hydrogen) atoms. The zero-order valence-corrected chi connectivity index (χ0v) is 12.5. The van der Waals surface area contributed by atoms with Crippen molar-refractivity contribution in [2.24, 2.45) is 5.92 Å². The van der Waals surface area contributed by atoms with E-state index in [1.807, 2.05) is 13.0 Å². The van der Waals surface area contributed by atoms with E-state index in [1.54, 1.807) is 17.0 Å². The number of sulfonamides is 1. The fourth-order valence-corrected chi connectivity index (χ4v) is 4.53. The van der Waals surface area contributed by atoms with Crippen molar-refractivity contribution in [3.05, 3.63) is 23.8 Å². The molecule has 0 N–H and O–H groups in total. The van der Waals surface area contributed by atoms with Crippen molar-refractivity contribution in [1.29, 1.82) is 0 Å². The number of hydrogen-bond donors (Lipinski definition) is 0. The highest BCUT2D eigenvalue weighted by atomic mass is 32.2. The second-order valence-electron chi connectivity index (χ2n) is 5.64. The van der Waals surface area contributed by atoms with Gasteiger partial charge >= 0.3 is 0 Å². The average molecular weight is 294 g/mol. The molecular weight excluding hydrogens is 276 g/mol. The van der Waals surface area contributed by atoms with E-state index >= 15 is 0 Å². The van der Waals surface area contributed by atoms with Crippen LogP contribution < -0.4 is 4.90 Å². The summed E-state index contributed by atoms with van der Waals surface area (Å²) in [5.74, 6) is 0.379. The molecule has 0 saturated carbocycles. The van der Waals surface area contributed by atoms with Crippen LogP contribution in [0.5, 0.6) is 0 Å². The lowest BCUT2D eigenvalue weighted by Crippen LogP contribution is -2.48. The second kappa shape index (κ2) is 4.56. The number of carbonyl (C=O) groups excluding carboxylic acids is 1. The first kappa shape index (κ1) is 13.6. The Kier molecular flexibility index (Phi) is 3.10. The minimum Gasteiger partial charge on any atom is -0.312 e. The molecule has 0 bridgehead atoms. The lowest BCUT2D eigenvalue weighted by Gasteiger charge is -2.35. The Morgan fingerprint density at radius 2 is 2.00 bits per heavy atom. The van der Waals surface area contributed by atoms with Gasteiger partial charge in [0.15, 0.2) is 0 Å². The summed E-state index contributed by atoms with van der Waals surface area (Å²) >= 11 is 0. The quantitative estimate of drug-likeness (QED) is 0.824. The van der Waals surface area contributed by atoms with Crippen molar-refractivity contribution in [2.45, 2.75) is 25.2 Å². The Bertz CT molecular complexity index is 663. The second-order valence-corrected chi connectivity index (χ2v) is 7.58. The maximum atomic E-state index is 12.5. The molecule has 6 heteroatoms. The van der Waals surface area contributed by atoms with Crippen LogP contribution >= 0.6 is 0 Å². The third kappa shape index (κ3) is 2.03. The molecule has 2 heterocycles. The number of fused-ring (bicyclic) bond motifs is 1. The van der Waals surface area contributed by atoms with Gasteiger partial charge in [0.2, 0.25) is 15.9 Å². The molecule has 0 unspecified atom stereocenters. The number of hydrogen-bond acceptors (Lipinski definition) is 3. The summed E-state index contributed by atoms with van der Waals surface area (Å²) in [5, 5.41) is 0. The molecule has 0 radical (unpaired) electrons. The van der Waals surface area contributed by atoms with Crippen LogP contribution in [0.2, 0.25) is 0 Å². The summed E-state index contributed by atoms with van der Waals surface area (Å²) in [6.45, 7) is 5.33. The van der Waals surface area contributed by atoms with Crippen LogP contribution in [0.25, 0.3) is 0 Å². The smallest absolute Gasteiger partial charge is 0.243 e. The van der Waals surface area contributed by atoms with Gasteiger partial charge in [-0.2, -0.15) is 4.31 Å². The minimum absolute atomic E-state index is 0.0455. The van der Waals surface area contributed by atoms with E-state index in [1.165, 1.54) is 11.2 Å². The van der Waals surface area contributed by atoms with E-state index in [0.29, 0.717) is 25.6 Å². The van der Waals surface area contributed by atoms with Gasteiger partial charge < -0.3 is 4.90 Å². The fourth-order valence-electron chi connectivity index (χ4n) is 2.83. The Balaban J connectivity index is 1.97. The van der Waals surface area contributed by atoms with Crippen molar-refractivity contribution in [3.63, 3.8) is 0 Å². The summed E-state index contributed by atoms with van der Waals surface area (Å²) in [7, 11) is -3.41. The van der Waals surface area contributed by atoms with E-state index in [-0.39, 0.29) is 10.8 Å². The first-order valence-electron chi connectivity index (χ1n) is 6.81. The fraction of sp³-hybridized carbons (Fsp3) is 0.500. The highest BCUT2D eigenvalue weighted by molar-refractivity contribution is 7.89. The molecule has 2 aliphatic heterocycles. The van der Waals surface area contributed by atoms with Crippen molar-refractivity contribution in [3.8, 4) is 0 Å². The molecule has 108 valence electrons. The largest absolute Gasteiger partial charge is 0.312 e. The molecule has 1 aromatic rings. The predicted molar refractivity (Wildman–Crippen MR) is 76.1 cm³/mol. The maximum Gasteiger partial charge on any atom is 0.243 e. The van der Waals surface area contributed by atoms with Crippen molar-refractivity contribution in [1.82, 2.24) is 4.31 Å². The molecule has 1 fully saturated rings. The SMILES string of the molecule is CC(=O)N1CCc2ccc(S(=O)(=O)N3CC(C)C3)cc21. The van der Waals surface area contributed by atoms with E-state index in [0.717, 1.165) is 17.7 Å². The van der Waals surface area contributed by atoms with Crippen LogP contribution in [0.1, 0.15) is 19.4 Å². The molecule has 0 spiro atoms. The molecule has 2 aliphatic rings. The Hall–Kier alpha value is -1.40. The van der Waals surface area contributed by atoms with E-state index < -0.39 is 10.0 Å². The molecule has 0 aromatic heterocycles. The summed E-state index contributed by atoms with van der Waals surface area (Å²) in [4.78, 5) is 13.5. The molecule has 0 aliphatic carbocycles. The highest BCUT2D eigenvalue weighted by Gasteiger charge is 2.35. The van der Waals surface area contributed by atoms with Crippen LogP contribution in [0.4, 0.5) is 5.69 Å². The Morgan fingerprint density at radius 3 is 2.60 bits per heavy atom. The van der Waals surface area contributed by atoms with Crippen LogP contribution in [0, 0.1) is 5.92 Å². The predicted octanol–water partition coefficient (Wildman–Crippen LogP) is 1.24. The summed E-state index contributed by atoms with van der Waals surface area (Å²) < 4.78 is 26.4. The van der Waals surface area contributed by atoms with Crippen molar-refractivity contribution in [2.75, 3.05) is 24.5 Å². The van der Waals surface area contributed by atoms with Gasteiger partial charge in [-0.3, -0.25) is 4.79 Å². The first-order chi connectivity index (χ1) is 9.39. The zero-order chi connectivity index (χ0) is 14.5. The van der Waals surface area contributed by atoms with Crippen LogP contribution in [0.3, 0.4) is 0 Å². The van der Waals surface area contributed by atoms with Crippen LogP contribution in [-0.4, -0.2) is 38.3 Å². The molecule has 5 nitrogen and oxygen atoms in total. The van der Waals surface area contributed by atoms with Crippen LogP contribution in [0.15, 0.2) is 23.1 Å². The normalized spacial score (nSPS) is 19.8. The Morgan fingerprint density at radius 1 is 1.30 bits per heavy atom. The van der Waals surface area contributed by atoms with Gasteiger partial charge in [-0.1, -0.05) is 13.0 Å². The maximum absolute atomic E-state index is 12.5. The van der Waals surface area contributed by atoms with Gasteiger partial charge in [-0.05, 0) is 30.0 Å². The van der Waals surface area contributed by atoms with Crippen molar-refractivity contribution < 1.29 is 13.2 Å². The summed E-state index contributed by atoms with van der Waals surface area (Å²) in [5.41, 5.74) is 1.78. The number of carbonyl (C=O) groups is 1. The van der Waals surface area contributed by atoms with Gasteiger partial charge in [-0.15, -0.1) is 0 Å². The molecule has 1 amide bonds. The van der Waals surface area contributed by atoms with E-state index in [9.17, 15) is 13.2 Å². The average Bonchev–Trinajstić information content (AvgIpc) is 2.77. The highest BCUT2D eigenvalue weighted by Crippen LogP contribution is 2.33. The molecular formula is C14H18N2O3S. The summed E-state index contributed by atoms with van der Waals surface area (Å²) in [6.07, 6.45) is 0.788. The monoisotopic (exact) mass is 294 g/mol. The third-order valence-corrected chi connectivity index (χ3v) is 5.83. The number of nitrogens with zero attached hydrogens (tertiary/aromatic N) is 2. The number of amides is 1. The molecule has 1 aromatic carbocycles. The molecule has 3 rings (SSSR count). The van der Waals surface area contributed by atoms with Gasteiger partial charge in [0.05, 0.1) is 4.90 Å². The standard InChI is InChI=1S/C14H18N2O3S/c1-10-8-15(9-10)20(18,19)13-4-3-12-5-6-16(11(2)17)14(12)7-13/h3-4,7,10H,5-6,8-9H2,1-2H3. The number of anilines is 1. The van der Waals surface area contributed by atoms with Gasteiger partial charge in [0, 0.05) is 32.2 Å². The van der Waals surface area contributed by atoms with E-state index in [2.05, 4.69) is 0 Å². The van der Waals surface area contributed by atoms with Gasteiger partial charge in [0.25, 0.3) is 0 Å². The Labute approximate surface area is 119 Å². The summed E-state index contributed by atoms with van der Waals surface area (Å²) in [6, 6.07) is 5.12. The molecule has 0 atom stereocenters. The third-order valence-electron chi connectivity index (χ3n) is 4.00. The lowest BCUT2D eigenvalue weighted by atomic mass is 10.1. The van der Waals surface area contributed by atoms with Crippen LogP contribution in [-0.2, 0) is 21.2 Å². The molecule has 1 saturated heterocycles. The van der Waals surface area contributed by atoms with Gasteiger partial charge in [0.1, 0.15) is 0 Å². The first-order valence-corrected chi connectivity index (χ1v) is 8.25.